The molecule has 1 heterocycles. The summed E-state index contributed by atoms with van der Waals surface area (Å²) in [6.07, 6.45) is 3.85. The fraction of sp³-hybridized carbons (Fsp3) is 0.727. The maximum atomic E-state index is 13.1. The number of rotatable bonds is 0. The third kappa shape index (κ3) is 3.12. The van der Waals surface area contributed by atoms with E-state index in [4.69, 9.17) is 11.2 Å². The van der Waals surface area contributed by atoms with Crippen molar-refractivity contribution in [2.24, 2.45) is 0 Å². The zero-order chi connectivity index (χ0) is 11.6. The minimum absolute atomic E-state index is 0.0315. The molecule has 15 heavy (non-hydrogen) atoms. The number of terminal acetylenes is 1. The van der Waals surface area contributed by atoms with Crippen molar-refractivity contribution in [1.82, 2.24) is 4.90 Å². The van der Waals surface area contributed by atoms with Gasteiger partial charge >= 0.3 is 6.09 Å². The predicted octanol–water partition coefficient (Wildman–Crippen LogP) is 1.97. The van der Waals surface area contributed by atoms with E-state index in [0.717, 1.165) is 0 Å². The number of likely N-dealkylation sites (tertiary alicyclic amines) is 1. The molecule has 2 atom stereocenters. The minimum atomic E-state index is -1.04. The van der Waals surface area contributed by atoms with Gasteiger partial charge in [0.2, 0.25) is 0 Å². The maximum Gasteiger partial charge on any atom is 0.411 e. The number of ether oxygens (including phenoxy) is 1. The van der Waals surface area contributed by atoms with Gasteiger partial charge in [-0.3, -0.25) is 4.90 Å². The van der Waals surface area contributed by atoms with E-state index < -0.39 is 23.9 Å². The van der Waals surface area contributed by atoms with Gasteiger partial charge in [-0.15, -0.1) is 6.42 Å². The van der Waals surface area contributed by atoms with E-state index in [1.54, 1.807) is 20.8 Å². The van der Waals surface area contributed by atoms with Crippen LogP contribution in [0.2, 0.25) is 0 Å². The maximum absolute atomic E-state index is 13.1. The molecule has 3 nitrogen and oxygen atoms in total. The van der Waals surface area contributed by atoms with Gasteiger partial charge in [0.05, 0.1) is 12.6 Å². The van der Waals surface area contributed by atoms with Crippen molar-refractivity contribution >= 4 is 6.09 Å². The summed E-state index contributed by atoms with van der Waals surface area (Å²) in [5.74, 6) is 2.40. The lowest BCUT2D eigenvalue weighted by molar-refractivity contribution is 0.0251. The van der Waals surface area contributed by atoms with Crippen LogP contribution in [0, 0.1) is 12.3 Å². The van der Waals surface area contributed by atoms with Crippen molar-refractivity contribution < 1.29 is 13.9 Å². The molecule has 0 aliphatic carbocycles. The van der Waals surface area contributed by atoms with Crippen molar-refractivity contribution in [2.45, 2.75) is 45.0 Å². The highest BCUT2D eigenvalue weighted by molar-refractivity contribution is 5.69. The molecule has 1 aliphatic rings. The first-order valence-electron chi connectivity index (χ1n) is 4.93. The smallest absolute Gasteiger partial charge is 0.411 e. The van der Waals surface area contributed by atoms with Crippen LogP contribution in [0.25, 0.3) is 0 Å². The second-order valence-corrected chi connectivity index (χ2v) is 4.65. The standard InChI is InChI=1S/C11H16FNO2/c1-5-9-6-8(12)7-13(9)10(14)15-11(2,3)4/h1,8-9H,6-7H2,2-4H3/t8-,9+/m0/s1. The number of halogens is 1. The fourth-order valence-electron chi connectivity index (χ4n) is 1.47. The van der Waals surface area contributed by atoms with Crippen LogP contribution in [-0.4, -0.2) is 35.4 Å². The second kappa shape index (κ2) is 4.09. The molecule has 1 aliphatic heterocycles. The largest absolute Gasteiger partial charge is 0.444 e. The molecule has 1 saturated heterocycles. The molecule has 4 heteroatoms. The first kappa shape index (κ1) is 11.8. The van der Waals surface area contributed by atoms with Crippen LogP contribution >= 0.6 is 0 Å². The number of alkyl halides is 1. The monoisotopic (exact) mass is 213 g/mol. The summed E-state index contributed by atoms with van der Waals surface area (Å²) in [5, 5.41) is 0. The van der Waals surface area contributed by atoms with E-state index >= 15 is 0 Å². The molecule has 1 rings (SSSR count). The summed E-state index contributed by atoms with van der Waals surface area (Å²) in [4.78, 5) is 12.9. The van der Waals surface area contributed by atoms with Crippen LogP contribution in [0.3, 0.4) is 0 Å². The quantitative estimate of drug-likeness (QED) is 0.576. The van der Waals surface area contributed by atoms with Crippen LogP contribution in [0.15, 0.2) is 0 Å². The number of hydrogen-bond acceptors (Lipinski definition) is 2. The zero-order valence-electron chi connectivity index (χ0n) is 9.29. The molecular formula is C11H16FNO2. The van der Waals surface area contributed by atoms with Gasteiger partial charge in [0, 0.05) is 6.42 Å². The SMILES string of the molecule is C#C[C@@H]1C[C@H](F)CN1C(=O)OC(C)(C)C. The third-order valence-electron chi connectivity index (χ3n) is 2.07. The highest BCUT2D eigenvalue weighted by Crippen LogP contribution is 2.22. The number of nitrogens with zero attached hydrogens (tertiary/aromatic N) is 1. The summed E-state index contributed by atoms with van der Waals surface area (Å²) in [7, 11) is 0. The molecule has 0 N–H and O–H groups in total. The topological polar surface area (TPSA) is 29.5 Å². The number of hydrogen-bond donors (Lipinski definition) is 0. The van der Waals surface area contributed by atoms with Crippen LogP contribution < -0.4 is 0 Å². The van der Waals surface area contributed by atoms with E-state index in [-0.39, 0.29) is 13.0 Å². The molecule has 0 radical (unpaired) electrons. The van der Waals surface area contributed by atoms with E-state index in [0.29, 0.717) is 0 Å². The van der Waals surface area contributed by atoms with Crippen LogP contribution in [0.1, 0.15) is 27.2 Å². The highest BCUT2D eigenvalue weighted by Gasteiger charge is 2.36. The summed E-state index contributed by atoms with van der Waals surface area (Å²) in [5.41, 5.74) is -0.579. The molecule has 0 spiro atoms. The molecule has 84 valence electrons. The predicted molar refractivity (Wildman–Crippen MR) is 55.1 cm³/mol. The summed E-state index contributed by atoms with van der Waals surface area (Å²) >= 11 is 0. The lowest BCUT2D eigenvalue weighted by Crippen LogP contribution is -2.39. The van der Waals surface area contributed by atoms with Gasteiger partial charge in [-0.1, -0.05) is 5.92 Å². The van der Waals surface area contributed by atoms with Gasteiger partial charge in [-0.2, -0.15) is 0 Å². The van der Waals surface area contributed by atoms with Crippen molar-refractivity contribution in [1.29, 1.82) is 0 Å². The normalized spacial score (nSPS) is 26.2. The fourth-order valence-corrected chi connectivity index (χ4v) is 1.47. The summed E-state index contributed by atoms with van der Waals surface area (Å²) in [6.45, 7) is 5.32. The Morgan fingerprint density at radius 3 is 2.67 bits per heavy atom. The molecule has 0 aromatic rings. The lowest BCUT2D eigenvalue weighted by Gasteiger charge is -2.26. The average molecular weight is 213 g/mol. The van der Waals surface area contributed by atoms with Gasteiger partial charge < -0.3 is 4.74 Å². The van der Waals surface area contributed by atoms with E-state index in [1.165, 1.54) is 4.90 Å². The van der Waals surface area contributed by atoms with Crippen LogP contribution in [-0.2, 0) is 4.74 Å². The molecule has 0 aromatic carbocycles. The second-order valence-electron chi connectivity index (χ2n) is 4.65. The highest BCUT2D eigenvalue weighted by atomic mass is 19.1. The Labute approximate surface area is 89.6 Å². The third-order valence-corrected chi connectivity index (χ3v) is 2.07. The Morgan fingerprint density at radius 2 is 2.20 bits per heavy atom. The summed E-state index contributed by atoms with van der Waals surface area (Å²) < 4.78 is 18.2. The summed E-state index contributed by atoms with van der Waals surface area (Å²) in [6, 6.07) is -0.477. The van der Waals surface area contributed by atoms with Crippen molar-refractivity contribution in [3.63, 3.8) is 0 Å². The van der Waals surface area contributed by atoms with Crippen LogP contribution in [0.4, 0.5) is 9.18 Å². The first-order valence-corrected chi connectivity index (χ1v) is 4.93. The number of amides is 1. The van der Waals surface area contributed by atoms with E-state index in [9.17, 15) is 9.18 Å². The van der Waals surface area contributed by atoms with Gasteiger partial charge in [0.25, 0.3) is 0 Å². The molecule has 0 bridgehead atoms. The Kier molecular flexibility index (Phi) is 3.23. The number of carbonyl (C=O) groups excluding carboxylic acids is 1. The Hall–Kier alpha value is -1.24. The molecule has 0 aromatic heterocycles. The van der Waals surface area contributed by atoms with Gasteiger partial charge in [0.15, 0.2) is 0 Å². The lowest BCUT2D eigenvalue weighted by atomic mass is 10.2. The molecule has 0 saturated carbocycles. The molecule has 1 fully saturated rings. The van der Waals surface area contributed by atoms with Crippen molar-refractivity contribution in [3.8, 4) is 12.3 Å². The Morgan fingerprint density at radius 1 is 1.60 bits per heavy atom. The molecule has 0 unspecified atom stereocenters. The Balaban J connectivity index is 2.64. The van der Waals surface area contributed by atoms with Gasteiger partial charge in [-0.25, -0.2) is 9.18 Å². The minimum Gasteiger partial charge on any atom is -0.444 e. The van der Waals surface area contributed by atoms with E-state index in [1.807, 2.05) is 0 Å². The zero-order valence-corrected chi connectivity index (χ0v) is 9.29. The van der Waals surface area contributed by atoms with Crippen molar-refractivity contribution in [2.75, 3.05) is 6.54 Å². The van der Waals surface area contributed by atoms with Crippen LogP contribution in [0.5, 0.6) is 0 Å². The van der Waals surface area contributed by atoms with Gasteiger partial charge in [-0.05, 0) is 20.8 Å². The van der Waals surface area contributed by atoms with Gasteiger partial charge in [0.1, 0.15) is 11.8 Å². The average Bonchev–Trinajstić information content (AvgIpc) is 2.43. The first-order chi connectivity index (χ1) is 6.83. The number of carbonyl (C=O) groups is 1. The Bertz CT molecular complexity index is 290. The van der Waals surface area contributed by atoms with E-state index in [2.05, 4.69) is 5.92 Å². The molecule has 1 amide bonds. The van der Waals surface area contributed by atoms with Crippen molar-refractivity contribution in [3.05, 3.63) is 0 Å². The molecular weight excluding hydrogens is 197 g/mol.